The van der Waals surface area contributed by atoms with Gasteiger partial charge in [-0.15, -0.1) is 11.3 Å². The fraction of sp³-hybridized carbons (Fsp3) is 0.0417. The molecule has 1 aromatic heterocycles. The molecule has 4 rings (SSSR count). The van der Waals surface area contributed by atoms with Crippen LogP contribution in [0.15, 0.2) is 96.4 Å². The summed E-state index contributed by atoms with van der Waals surface area (Å²) >= 11 is 1.68. The Morgan fingerprint density at radius 3 is 2.25 bits per heavy atom. The van der Waals surface area contributed by atoms with Crippen molar-refractivity contribution in [2.24, 2.45) is 0 Å². The summed E-state index contributed by atoms with van der Waals surface area (Å²) in [6, 6.07) is 29.2. The molecular formula is C24H19NO2S. The van der Waals surface area contributed by atoms with Crippen molar-refractivity contribution in [1.82, 2.24) is 0 Å². The third-order valence-electron chi connectivity index (χ3n) is 4.31. The van der Waals surface area contributed by atoms with E-state index in [-0.39, 0.29) is 5.91 Å². The first kappa shape index (κ1) is 18.0. The molecule has 0 saturated heterocycles. The van der Waals surface area contributed by atoms with Gasteiger partial charge in [-0.25, -0.2) is 0 Å². The molecule has 138 valence electrons. The highest BCUT2D eigenvalue weighted by atomic mass is 32.1. The largest absolute Gasteiger partial charge is 0.489 e. The predicted octanol–water partition coefficient (Wildman–Crippen LogP) is 6.25. The van der Waals surface area contributed by atoms with Gasteiger partial charge in [-0.3, -0.25) is 4.79 Å². The molecule has 1 heterocycles. The average molecular weight is 385 g/mol. The third-order valence-corrected chi connectivity index (χ3v) is 5.23. The van der Waals surface area contributed by atoms with Crippen LogP contribution in [0.2, 0.25) is 0 Å². The quantitative estimate of drug-likeness (QED) is 0.426. The lowest BCUT2D eigenvalue weighted by Crippen LogP contribution is -2.11. The highest BCUT2D eigenvalue weighted by Gasteiger charge is 2.07. The van der Waals surface area contributed by atoms with Gasteiger partial charge in [0.2, 0.25) is 0 Å². The lowest BCUT2D eigenvalue weighted by molar-refractivity contribution is 0.102. The summed E-state index contributed by atoms with van der Waals surface area (Å²) in [4.78, 5) is 13.7. The Kier molecular flexibility index (Phi) is 5.50. The number of hydrogen-bond acceptors (Lipinski definition) is 3. The Balaban J connectivity index is 1.35. The van der Waals surface area contributed by atoms with Crippen LogP contribution in [0, 0.1) is 0 Å². The third kappa shape index (κ3) is 4.48. The molecule has 0 spiro atoms. The van der Waals surface area contributed by atoms with Crippen molar-refractivity contribution >= 4 is 22.9 Å². The first-order chi connectivity index (χ1) is 13.8. The van der Waals surface area contributed by atoms with Gasteiger partial charge in [0.15, 0.2) is 0 Å². The van der Waals surface area contributed by atoms with E-state index in [0.717, 1.165) is 22.6 Å². The van der Waals surface area contributed by atoms with Crippen LogP contribution in [0.4, 0.5) is 5.69 Å². The minimum Gasteiger partial charge on any atom is -0.489 e. The summed E-state index contributed by atoms with van der Waals surface area (Å²) in [6.45, 7) is 0.517. The van der Waals surface area contributed by atoms with Gasteiger partial charge in [-0.05, 0) is 59.0 Å². The molecule has 0 bridgehead atoms. The van der Waals surface area contributed by atoms with E-state index in [1.165, 1.54) is 4.88 Å². The predicted molar refractivity (Wildman–Crippen MR) is 115 cm³/mol. The maximum atomic E-state index is 12.5. The van der Waals surface area contributed by atoms with Gasteiger partial charge in [-0.2, -0.15) is 0 Å². The van der Waals surface area contributed by atoms with Gasteiger partial charge in [0.1, 0.15) is 12.4 Å². The van der Waals surface area contributed by atoms with Gasteiger partial charge in [-0.1, -0.05) is 48.5 Å². The zero-order valence-electron chi connectivity index (χ0n) is 15.2. The molecule has 1 N–H and O–H groups in total. The summed E-state index contributed by atoms with van der Waals surface area (Å²) in [5, 5.41) is 4.97. The average Bonchev–Trinajstić information content (AvgIpc) is 3.29. The molecule has 0 radical (unpaired) electrons. The first-order valence-electron chi connectivity index (χ1n) is 9.00. The molecule has 28 heavy (non-hydrogen) atoms. The molecule has 0 fully saturated rings. The van der Waals surface area contributed by atoms with Crippen molar-refractivity contribution in [1.29, 1.82) is 0 Å². The van der Waals surface area contributed by atoms with Crippen LogP contribution >= 0.6 is 11.3 Å². The summed E-state index contributed by atoms with van der Waals surface area (Å²) < 4.78 is 5.77. The molecule has 1 amide bonds. The molecule has 3 nitrogen and oxygen atoms in total. The van der Waals surface area contributed by atoms with Gasteiger partial charge in [0.25, 0.3) is 5.91 Å². The molecule has 0 saturated carbocycles. The number of hydrogen-bond donors (Lipinski definition) is 1. The smallest absolute Gasteiger partial charge is 0.255 e. The number of thiophene rings is 1. The molecule has 0 atom stereocenters. The van der Waals surface area contributed by atoms with Crippen LogP contribution < -0.4 is 10.1 Å². The van der Waals surface area contributed by atoms with Crippen molar-refractivity contribution < 1.29 is 9.53 Å². The Hall–Kier alpha value is -3.37. The molecule has 0 aliphatic carbocycles. The van der Waals surface area contributed by atoms with E-state index in [1.54, 1.807) is 11.3 Å². The lowest BCUT2D eigenvalue weighted by atomic mass is 10.1. The monoisotopic (exact) mass is 385 g/mol. The minimum atomic E-state index is -0.129. The van der Waals surface area contributed by atoms with E-state index >= 15 is 0 Å². The molecule has 0 unspecified atom stereocenters. The van der Waals surface area contributed by atoms with Crippen LogP contribution in [0.3, 0.4) is 0 Å². The van der Waals surface area contributed by atoms with Crippen molar-refractivity contribution in [3.63, 3.8) is 0 Å². The first-order valence-corrected chi connectivity index (χ1v) is 9.88. The fourth-order valence-electron chi connectivity index (χ4n) is 2.81. The molecule has 3 aromatic carbocycles. The maximum Gasteiger partial charge on any atom is 0.255 e. The topological polar surface area (TPSA) is 38.3 Å². The number of anilines is 1. The van der Waals surface area contributed by atoms with Crippen molar-refractivity contribution in [2.75, 3.05) is 5.32 Å². The zero-order chi connectivity index (χ0) is 19.2. The number of nitrogens with one attached hydrogen (secondary N) is 1. The Bertz CT molecular complexity index is 1020. The number of amides is 1. The van der Waals surface area contributed by atoms with Crippen molar-refractivity contribution in [3.05, 3.63) is 108 Å². The van der Waals surface area contributed by atoms with Gasteiger partial charge < -0.3 is 10.1 Å². The Morgan fingerprint density at radius 2 is 1.57 bits per heavy atom. The van der Waals surface area contributed by atoms with Crippen LogP contribution in [0.1, 0.15) is 15.9 Å². The molecular weight excluding hydrogens is 366 g/mol. The van der Waals surface area contributed by atoms with E-state index < -0.39 is 0 Å². The van der Waals surface area contributed by atoms with E-state index in [2.05, 4.69) is 11.4 Å². The molecule has 0 aliphatic rings. The maximum absolute atomic E-state index is 12.5. The standard InChI is InChI=1S/C24H19NO2S/c26-24(20-10-8-19(9-11-20)23-7-4-16-28-23)25-21-12-14-22(15-13-21)27-17-18-5-2-1-3-6-18/h1-16H,17H2,(H,25,26). The molecule has 4 aromatic rings. The minimum absolute atomic E-state index is 0.129. The zero-order valence-corrected chi connectivity index (χ0v) is 16.0. The van der Waals surface area contributed by atoms with E-state index in [1.807, 2.05) is 90.3 Å². The molecule has 4 heteroatoms. The lowest BCUT2D eigenvalue weighted by Gasteiger charge is -2.09. The highest BCUT2D eigenvalue weighted by molar-refractivity contribution is 7.13. The van der Waals surface area contributed by atoms with Crippen molar-refractivity contribution in [2.45, 2.75) is 6.61 Å². The van der Waals surface area contributed by atoms with E-state index in [9.17, 15) is 4.79 Å². The summed E-state index contributed by atoms with van der Waals surface area (Å²) in [5.41, 5.74) is 3.60. The number of carbonyl (C=O) groups excluding carboxylic acids is 1. The Morgan fingerprint density at radius 1 is 0.821 bits per heavy atom. The second-order valence-corrected chi connectivity index (χ2v) is 7.26. The summed E-state index contributed by atoms with van der Waals surface area (Å²) in [7, 11) is 0. The fourth-order valence-corrected chi connectivity index (χ4v) is 3.54. The van der Waals surface area contributed by atoms with Crippen LogP contribution in [0.25, 0.3) is 10.4 Å². The van der Waals surface area contributed by atoms with Crippen molar-refractivity contribution in [3.8, 4) is 16.2 Å². The van der Waals surface area contributed by atoms with Crippen LogP contribution in [-0.4, -0.2) is 5.91 Å². The van der Waals surface area contributed by atoms with Crippen LogP contribution in [-0.2, 0) is 6.61 Å². The molecule has 0 aliphatic heterocycles. The second-order valence-electron chi connectivity index (χ2n) is 6.31. The second kappa shape index (κ2) is 8.55. The summed E-state index contributed by atoms with van der Waals surface area (Å²) in [5.74, 6) is 0.637. The summed E-state index contributed by atoms with van der Waals surface area (Å²) in [6.07, 6.45) is 0. The van der Waals surface area contributed by atoms with Gasteiger partial charge >= 0.3 is 0 Å². The SMILES string of the molecule is O=C(Nc1ccc(OCc2ccccc2)cc1)c1ccc(-c2cccs2)cc1. The number of benzene rings is 3. The van der Waals surface area contributed by atoms with Gasteiger partial charge in [0, 0.05) is 16.1 Å². The van der Waals surface area contributed by atoms with E-state index in [4.69, 9.17) is 4.74 Å². The Labute approximate surface area is 168 Å². The number of carbonyl (C=O) groups is 1. The van der Waals surface area contributed by atoms with E-state index in [0.29, 0.717) is 12.2 Å². The normalized spacial score (nSPS) is 10.4. The van der Waals surface area contributed by atoms with Crippen LogP contribution in [0.5, 0.6) is 5.75 Å². The van der Waals surface area contributed by atoms with Gasteiger partial charge in [0.05, 0.1) is 0 Å². The number of ether oxygens (including phenoxy) is 1. The highest BCUT2D eigenvalue weighted by Crippen LogP contribution is 2.25. The number of rotatable bonds is 6.